The van der Waals surface area contributed by atoms with Crippen LogP contribution in [0.15, 0.2) is 71.7 Å². The van der Waals surface area contributed by atoms with Gasteiger partial charge in [-0.05, 0) is 47.7 Å². The number of thioether (sulfide) groups is 1. The van der Waals surface area contributed by atoms with Crippen LogP contribution in [0.4, 0.5) is 10.5 Å². The number of carbonyl (C=O) groups is 2. The highest BCUT2D eigenvalue weighted by Crippen LogP contribution is 2.30. The minimum Gasteiger partial charge on any atom is -0.367 e. The van der Waals surface area contributed by atoms with E-state index in [9.17, 15) is 9.59 Å². The first-order chi connectivity index (χ1) is 12.1. The van der Waals surface area contributed by atoms with Gasteiger partial charge >= 0.3 is 0 Å². The Morgan fingerprint density at radius 3 is 2.48 bits per heavy atom. The Kier molecular flexibility index (Phi) is 5.58. The monoisotopic (exact) mass is 370 g/mol. The van der Waals surface area contributed by atoms with E-state index >= 15 is 0 Å². The number of allylic oxidation sites excluding steroid dienone is 2. The standard InChI is InChI=1S/C19H15ClN2O2S/c20-15-9-11-16(12-10-15)21-13-22-18(23)17(25-19(22)24)8-4-7-14-5-2-1-3-6-14/h1-12,21H,13H2/b7-4+,17-8-. The molecule has 0 unspecified atom stereocenters. The SMILES string of the molecule is O=C1S/C(=C\C=C\c2ccccc2)C(=O)N1CNc1ccc(Cl)cc1. The molecule has 0 aromatic heterocycles. The summed E-state index contributed by atoms with van der Waals surface area (Å²) in [6.45, 7) is 0.117. The predicted molar refractivity (Wildman–Crippen MR) is 103 cm³/mol. The van der Waals surface area contributed by atoms with Gasteiger partial charge in [-0.25, -0.2) is 0 Å². The lowest BCUT2D eigenvalue weighted by Crippen LogP contribution is -2.33. The van der Waals surface area contributed by atoms with Crippen molar-refractivity contribution in [3.63, 3.8) is 0 Å². The highest BCUT2D eigenvalue weighted by atomic mass is 35.5. The Hall–Kier alpha value is -2.50. The molecule has 0 saturated carbocycles. The number of amides is 2. The van der Waals surface area contributed by atoms with Crippen molar-refractivity contribution < 1.29 is 9.59 Å². The lowest BCUT2D eigenvalue weighted by Gasteiger charge is -2.14. The van der Waals surface area contributed by atoms with Crippen LogP contribution in [0.1, 0.15) is 5.56 Å². The number of benzene rings is 2. The molecule has 1 aliphatic rings. The van der Waals surface area contributed by atoms with Crippen molar-refractivity contribution in [1.29, 1.82) is 0 Å². The van der Waals surface area contributed by atoms with Gasteiger partial charge < -0.3 is 5.32 Å². The third-order valence-corrected chi connectivity index (χ3v) is 4.67. The average molecular weight is 371 g/mol. The first-order valence-electron chi connectivity index (χ1n) is 7.60. The molecule has 1 saturated heterocycles. The van der Waals surface area contributed by atoms with Gasteiger partial charge in [-0.15, -0.1) is 0 Å². The fraction of sp³-hybridized carbons (Fsp3) is 0.0526. The second-order valence-electron chi connectivity index (χ2n) is 5.24. The fourth-order valence-corrected chi connectivity index (χ4v) is 3.12. The van der Waals surface area contributed by atoms with E-state index in [2.05, 4.69) is 5.32 Å². The van der Waals surface area contributed by atoms with Crippen LogP contribution in [0.5, 0.6) is 0 Å². The maximum absolute atomic E-state index is 12.4. The van der Waals surface area contributed by atoms with Crippen LogP contribution < -0.4 is 5.32 Å². The van der Waals surface area contributed by atoms with Gasteiger partial charge in [0.05, 0.1) is 11.6 Å². The number of anilines is 1. The fourth-order valence-electron chi connectivity index (χ4n) is 2.20. The summed E-state index contributed by atoms with van der Waals surface area (Å²) in [5.41, 5.74) is 1.82. The van der Waals surface area contributed by atoms with Crippen molar-refractivity contribution in [2.75, 3.05) is 12.0 Å². The van der Waals surface area contributed by atoms with Crippen LogP contribution in [0.3, 0.4) is 0 Å². The molecule has 0 aliphatic carbocycles. The molecule has 1 aliphatic heterocycles. The van der Waals surface area contributed by atoms with Crippen LogP contribution in [0.25, 0.3) is 6.08 Å². The molecule has 1 fully saturated rings. The van der Waals surface area contributed by atoms with E-state index in [4.69, 9.17) is 11.6 Å². The van der Waals surface area contributed by atoms with Gasteiger partial charge in [0.1, 0.15) is 0 Å². The number of hydrogen-bond donors (Lipinski definition) is 1. The molecule has 25 heavy (non-hydrogen) atoms. The van der Waals surface area contributed by atoms with Crippen LogP contribution in [-0.4, -0.2) is 22.7 Å². The summed E-state index contributed by atoms with van der Waals surface area (Å²) < 4.78 is 0. The summed E-state index contributed by atoms with van der Waals surface area (Å²) in [6.07, 6.45) is 5.33. The Bertz CT molecular complexity index is 832. The Morgan fingerprint density at radius 1 is 1.04 bits per heavy atom. The second kappa shape index (κ2) is 8.05. The molecular weight excluding hydrogens is 356 g/mol. The van der Waals surface area contributed by atoms with Crippen molar-refractivity contribution in [3.8, 4) is 0 Å². The zero-order valence-electron chi connectivity index (χ0n) is 13.2. The van der Waals surface area contributed by atoms with Crippen molar-refractivity contribution in [2.24, 2.45) is 0 Å². The topological polar surface area (TPSA) is 49.4 Å². The summed E-state index contributed by atoms with van der Waals surface area (Å²) in [5, 5.41) is 3.39. The Balaban J connectivity index is 1.62. The van der Waals surface area contributed by atoms with Gasteiger partial charge in [-0.1, -0.05) is 54.1 Å². The lowest BCUT2D eigenvalue weighted by atomic mass is 10.2. The van der Waals surface area contributed by atoms with Gasteiger partial charge in [0, 0.05) is 10.7 Å². The van der Waals surface area contributed by atoms with Crippen molar-refractivity contribution in [1.82, 2.24) is 4.90 Å². The quantitative estimate of drug-likeness (QED) is 0.752. The number of hydrogen-bond acceptors (Lipinski definition) is 4. The maximum Gasteiger partial charge on any atom is 0.295 e. The number of rotatable bonds is 5. The van der Waals surface area contributed by atoms with E-state index in [-0.39, 0.29) is 17.8 Å². The van der Waals surface area contributed by atoms with E-state index in [1.54, 1.807) is 36.4 Å². The Labute approximate surface area is 155 Å². The lowest BCUT2D eigenvalue weighted by molar-refractivity contribution is -0.122. The van der Waals surface area contributed by atoms with Crippen molar-refractivity contribution in [3.05, 3.63) is 82.2 Å². The van der Waals surface area contributed by atoms with Gasteiger partial charge in [0.2, 0.25) is 0 Å². The smallest absolute Gasteiger partial charge is 0.295 e. The van der Waals surface area contributed by atoms with E-state index in [0.29, 0.717) is 9.93 Å². The molecule has 0 atom stereocenters. The van der Waals surface area contributed by atoms with Crippen LogP contribution in [0, 0.1) is 0 Å². The number of nitrogens with one attached hydrogen (secondary N) is 1. The van der Waals surface area contributed by atoms with E-state index in [1.165, 1.54) is 4.90 Å². The zero-order valence-corrected chi connectivity index (χ0v) is 14.8. The van der Waals surface area contributed by atoms with Crippen molar-refractivity contribution in [2.45, 2.75) is 0 Å². The van der Waals surface area contributed by atoms with Crippen LogP contribution in [0.2, 0.25) is 5.02 Å². The minimum absolute atomic E-state index is 0.117. The molecule has 2 aromatic carbocycles. The number of carbonyl (C=O) groups excluding carboxylic acids is 2. The number of imide groups is 1. The zero-order chi connectivity index (χ0) is 17.6. The highest BCUT2D eigenvalue weighted by Gasteiger charge is 2.34. The normalized spacial score (nSPS) is 16.2. The van der Waals surface area contributed by atoms with Gasteiger partial charge in [-0.3, -0.25) is 14.5 Å². The molecule has 1 N–H and O–H groups in total. The van der Waals surface area contributed by atoms with Gasteiger partial charge in [0.15, 0.2) is 0 Å². The summed E-state index contributed by atoms with van der Waals surface area (Å²) in [5.74, 6) is -0.297. The molecule has 4 nitrogen and oxygen atoms in total. The molecule has 126 valence electrons. The molecule has 0 bridgehead atoms. The van der Waals surface area contributed by atoms with E-state index in [1.807, 2.05) is 36.4 Å². The molecule has 0 spiro atoms. The summed E-state index contributed by atoms with van der Waals surface area (Å²) in [7, 11) is 0. The molecule has 2 amide bonds. The summed E-state index contributed by atoms with van der Waals surface area (Å²) in [4.78, 5) is 26.0. The molecule has 2 aromatic rings. The Morgan fingerprint density at radius 2 is 1.76 bits per heavy atom. The summed E-state index contributed by atoms with van der Waals surface area (Å²) >= 11 is 6.77. The minimum atomic E-state index is -0.297. The van der Waals surface area contributed by atoms with Gasteiger partial charge in [-0.2, -0.15) is 0 Å². The molecule has 6 heteroatoms. The van der Waals surface area contributed by atoms with E-state index in [0.717, 1.165) is 23.0 Å². The predicted octanol–water partition coefficient (Wildman–Crippen LogP) is 5.00. The highest BCUT2D eigenvalue weighted by molar-refractivity contribution is 8.18. The molecule has 1 heterocycles. The first-order valence-corrected chi connectivity index (χ1v) is 8.79. The molecule has 0 radical (unpaired) electrons. The van der Waals surface area contributed by atoms with Crippen molar-refractivity contribution >= 4 is 46.3 Å². The number of halogens is 1. The molecule has 3 rings (SSSR count). The molecular formula is C19H15ClN2O2S. The largest absolute Gasteiger partial charge is 0.367 e. The number of nitrogens with zero attached hydrogens (tertiary/aromatic N) is 1. The third-order valence-electron chi connectivity index (χ3n) is 3.49. The maximum atomic E-state index is 12.4. The second-order valence-corrected chi connectivity index (χ2v) is 6.67. The first kappa shape index (κ1) is 17.3. The van der Waals surface area contributed by atoms with Gasteiger partial charge in [0.25, 0.3) is 11.1 Å². The van der Waals surface area contributed by atoms with Crippen LogP contribution >= 0.6 is 23.4 Å². The van der Waals surface area contributed by atoms with Crippen LogP contribution in [-0.2, 0) is 4.79 Å². The average Bonchev–Trinajstić information content (AvgIpc) is 2.89. The third kappa shape index (κ3) is 4.53. The van der Waals surface area contributed by atoms with E-state index < -0.39 is 0 Å². The summed E-state index contributed by atoms with van der Waals surface area (Å²) in [6, 6.07) is 16.8.